The number of hydrogen-bond donors (Lipinski definition) is 2. The van der Waals surface area contributed by atoms with Crippen molar-refractivity contribution in [2.45, 2.75) is 25.8 Å². The number of carbonyl (C=O) groups is 2. The van der Waals surface area contributed by atoms with Crippen LogP contribution in [0.1, 0.15) is 18.4 Å². The van der Waals surface area contributed by atoms with Gasteiger partial charge in [0.15, 0.2) is 0 Å². The fourth-order valence-electron chi connectivity index (χ4n) is 1.72. The Morgan fingerprint density at radius 1 is 1.41 bits per heavy atom. The van der Waals surface area contributed by atoms with Crippen LogP contribution in [-0.4, -0.2) is 17.9 Å². The third kappa shape index (κ3) is 2.61. The highest BCUT2D eigenvalue weighted by atomic mass is 19.1. The van der Waals surface area contributed by atoms with Crippen molar-refractivity contribution in [1.29, 1.82) is 0 Å². The second kappa shape index (κ2) is 4.53. The van der Waals surface area contributed by atoms with Gasteiger partial charge < -0.3 is 5.32 Å². The molecule has 1 aliphatic rings. The second-order valence-corrected chi connectivity index (χ2v) is 4.11. The molecule has 1 fully saturated rings. The summed E-state index contributed by atoms with van der Waals surface area (Å²) in [6, 6.07) is 4.22. The predicted molar refractivity (Wildman–Crippen MR) is 60.9 cm³/mol. The number of carbonyl (C=O) groups excluding carboxylic acids is 2. The summed E-state index contributed by atoms with van der Waals surface area (Å²) < 4.78 is 13.3. The smallest absolute Gasteiger partial charge is 0.249 e. The van der Waals surface area contributed by atoms with E-state index in [0.29, 0.717) is 24.1 Å². The molecule has 0 aliphatic carbocycles. The summed E-state index contributed by atoms with van der Waals surface area (Å²) >= 11 is 0. The number of benzene rings is 1. The molecule has 0 bridgehead atoms. The molecule has 1 aliphatic heterocycles. The number of aryl methyl sites for hydroxylation is 1. The lowest BCUT2D eigenvalue weighted by Gasteiger charge is -2.22. The molecule has 4 nitrogen and oxygen atoms in total. The van der Waals surface area contributed by atoms with Crippen molar-refractivity contribution in [1.82, 2.24) is 5.32 Å². The Morgan fingerprint density at radius 3 is 2.82 bits per heavy atom. The van der Waals surface area contributed by atoms with Gasteiger partial charge in [0.1, 0.15) is 11.9 Å². The van der Waals surface area contributed by atoms with Gasteiger partial charge in [0, 0.05) is 12.1 Å². The molecule has 1 unspecified atom stereocenters. The molecule has 1 aromatic carbocycles. The van der Waals surface area contributed by atoms with E-state index in [1.165, 1.54) is 6.07 Å². The minimum absolute atomic E-state index is 0.261. The molecule has 1 atom stereocenters. The zero-order valence-corrected chi connectivity index (χ0v) is 9.42. The van der Waals surface area contributed by atoms with Gasteiger partial charge >= 0.3 is 0 Å². The average molecular weight is 236 g/mol. The molecule has 0 radical (unpaired) electrons. The summed E-state index contributed by atoms with van der Waals surface area (Å²) in [4.78, 5) is 22.4. The Balaban J connectivity index is 2.08. The van der Waals surface area contributed by atoms with Gasteiger partial charge in [0.2, 0.25) is 11.8 Å². The Hall–Kier alpha value is -1.91. The molecular formula is C12H13FN2O2. The fourth-order valence-corrected chi connectivity index (χ4v) is 1.72. The second-order valence-electron chi connectivity index (χ2n) is 4.11. The minimum atomic E-state index is -0.477. The molecule has 0 saturated carbocycles. The molecule has 2 amide bonds. The number of imide groups is 1. The molecule has 2 N–H and O–H groups in total. The number of rotatable bonds is 2. The largest absolute Gasteiger partial charge is 0.374 e. The summed E-state index contributed by atoms with van der Waals surface area (Å²) in [5.74, 6) is -0.937. The Kier molecular flexibility index (Phi) is 3.08. The molecule has 1 saturated heterocycles. The normalized spacial score (nSPS) is 20.0. The van der Waals surface area contributed by atoms with Crippen molar-refractivity contribution in [3.8, 4) is 0 Å². The van der Waals surface area contributed by atoms with E-state index < -0.39 is 6.04 Å². The zero-order valence-electron chi connectivity index (χ0n) is 9.42. The van der Waals surface area contributed by atoms with Crippen molar-refractivity contribution in [3.63, 3.8) is 0 Å². The van der Waals surface area contributed by atoms with Crippen molar-refractivity contribution in [2.24, 2.45) is 0 Å². The Labute approximate surface area is 98.2 Å². The summed E-state index contributed by atoms with van der Waals surface area (Å²) in [6.45, 7) is 1.67. The average Bonchev–Trinajstić information content (AvgIpc) is 2.27. The summed E-state index contributed by atoms with van der Waals surface area (Å²) in [5.41, 5.74) is 1.10. The van der Waals surface area contributed by atoms with Gasteiger partial charge in [-0.25, -0.2) is 4.39 Å². The van der Waals surface area contributed by atoms with Crippen LogP contribution in [0.25, 0.3) is 0 Å². The third-order valence-electron chi connectivity index (χ3n) is 2.75. The van der Waals surface area contributed by atoms with E-state index >= 15 is 0 Å². The molecule has 90 valence electrons. The summed E-state index contributed by atoms with van der Waals surface area (Å²) in [6.07, 6.45) is 0.734. The first-order chi connectivity index (χ1) is 8.06. The van der Waals surface area contributed by atoms with Crippen molar-refractivity contribution >= 4 is 17.5 Å². The molecule has 1 aromatic rings. The molecule has 0 aromatic heterocycles. The predicted octanol–water partition coefficient (Wildman–Crippen LogP) is 1.35. The van der Waals surface area contributed by atoms with Crippen LogP contribution in [0, 0.1) is 12.7 Å². The zero-order chi connectivity index (χ0) is 12.4. The topological polar surface area (TPSA) is 58.2 Å². The molecule has 5 heteroatoms. The Bertz CT molecular complexity index is 474. The number of anilines is 1. The van der Waals surface area contributed by atoms with E-state index in [0.717, 1.165) is 0 Å². The van der Waals surface area contributed by atoms with Crippen LogP contribution in [0.3, 0.4) is 0 Å². The Morgan fingerprint density at radius 2 is 2.18 bits per heavy atom. The van der Waals surface area contributed by atoms with Crippen LogP contribution >= 0.6 is 0 Å². The number of halogens is 1. The molecule has 1 heterocycles. The van der Waals surface area contributed by atoms with Gasteiger partial charge in [-0.15, -0.1) is 0 Å². The maximum atomic E-state index is 13.3. The van der Waals surface area contributed by atoms with Gasteiger partial charge in [-0.3, -0.25) is 14.9 Å². The van der Waals surface area contributed by atoms with E-state index in [9.17, 15) is 14.0 Å². The van der Waals surface area contributed by atoms with E-state index in [-0.39, 0.29) is 17.6 Å². The first-order valence-electron chi connectivity index (χ1n) is 5.42. The summed E-state index contributed by atoms with van der Waals surface area (Å²) in [7, 11) is 0. The summed E-state index contributed by atoms with van der Waals surface area (Å²) in [5, 5.41) is 5.16. The highest BCUT2D eigenvalue weighted by Gasteiger charge is 2.26. The van der Waals surface area contributed by atoms with Crippen molar-refractivity contribution in [3.05, 3.63) is 29.6 Å². The minimum Gasteiger partial charge on any atom is -0.374 e. The number of piperidine rings is 1. The lowest BCUT2D eigenvalue weighted by atomic mass is 10.1. The van der Waals surface area contributed by atoms with Crippen LogP contribution in [0.5, 0.6) is 0 Å². The lowest BCUT2D eigenvalue weighted by Crippen LogP contribution is -2.47. The van der Waals surface area contributed by atoms with Crippen molar-refractivity contribution in [2.75, 3.05) is 5.32 Å². The van der Waals surface area contributed by atoms with Gasteiger partial charge in [0.05, 0.1) is 0 Å². The van der Waals surface area contributed by atoms with Gasteiger partial charge in [0.25, 0.3) is 0 Å². The standard InChI is InChI=1S/C12H13FN2O2/c1-7-2-3-8(6-9(7)13)14-10-4-5-11(16)15-12(10)17/h2-3,6,10,14H,4-5H2,1H3,(H,15,16,17). The SMILES string of the molecule is Cc1ccc(NC2CCC(=O)NC2=O)cc1F. The molecule has 2 rings (SSSR count). The van der Waals surface area contributed by atoms with Crippen molar-refractivity contribution < 1.29 is 14.0 Å². The van der Waals surface area contributed by atoms with Crippen LogP contribution in [0.4, 0.5) is 10.1 Å². The van der Waals surface area contributed by atoms with Crippen LogP contribution < -0.4 is 10.6 Å². The molecule has 0 spiro atoms. The van der Waals surface area contributed by atoms with Crippen LogP contribution in [0.15, 0.2) is 18.2 Å². The first kappa shape index (κ1) is 11.6. The highest BCUT2D eigenvalue weighted by Crippen LogP contribution is 2.17. The van der Waals surface area contributed by atoms with E-state index in [4.69, 9.17) is 0 Å². The maximum absolute atomic E-state index is 13.3. The van der Waals surface area contributed by atoms with Gasteiger partial charge in [-0.05, 0) is 31.0 Å². The van der Waals surface area contributed by atoms with Crippen LogP contribution in [0.2, 0.25) is 0 Å². The van der Waals surface area contributed by atoms with Gasteiger partial charge in [-0.1, -0.05) is 6.07 Å². The molecule has 17 heavy (non-hydrogen) atoms. The number of hydrogen-bond acceptors (Lipinski definition) is 3. The fraction of sp³-hybridized carbons (Fsp3) is 0.333. The first-order valence-corrected chi connectivity index (χ1v) is 5.42. The highest BCUT2D eigenvalue weighted by molar-refractivity contribution is 6.01. The monoisotopic (exact) mass is 236 g/mol. The van der Waals surface area contributed by atoms with E-state index in [2.05, 4.69) is 10.6 Å². The maximum Gasteiger partial charge on any atom is 0.249 e. The van der Waals surface area contributed by atoms with Gasteiger partial charge in [-0.2, -0.15) is 0 Å². The number of amides is 2. The molecular weight excluding hydrogens is 223 g/mol. The van der Waals surface area contributed by atoms with Crippen LogP contribution in [-0.2, 0) is 9.59 Å². The number of nitrogens with one attached hydrogen (secondary N) is 2. The van der Waals surface area contributed by atoms with E-state index in [1.807, 2.05) is 0 Å². The van der Waals surface area contributed by atoms with E-state index in [1.54, 1.807) is 19.1 Å². The lowest BCUT2D eigenvalue weighted by molar-refractivity contribution is -0.133. The third-order valence-corrected chi connectivity index (χ3v) is 2.75. The quantitative estimate of drug-likeness (QED) is 0.762.